The van der Waals surface area contributed by atoms with Gasteiger partial charge in [0.05, 0.1) is 7.11 Å². The predicted molar refractivity (Wildman–Crippen MR) is 74.8 cm³/mol. The van der Waals surface area contributed by atoms with Crippen LogP contribution in [0.2, 0.25) is 0 Å². The average Bonchev–Trinajstić information content (AvgIpc) is 2.38. The first kappa shape index (κ1) is 12.2. The Morgan fingerprint density at radius 2 is 1.78 bits per heavy atom. The van der Waals surface area contributed by atoms with E-state index in [0.717, 1.165) is 28.0 Å². The molecule has 0 saturated heterocycles. The molecule has 0 atom stereocenters. The first-order valence-electron chi connectivity index (χ1n) is 5.75. The number of phenols is 1. The van der Waals surface area contributed by atoms with E-state index in [2.05, 4.69) is 6.58 Å². The van der Waals surface area contributed by atoms with E-state index in [4.69, 9.17) is 4.74 Å². The van der Waals surface area contributed by atoms with Crippen LogP contribution < -0.4 is 4.74 Å². The topological polar surface area (TPSA) is 29.5 Å². The highest BCUT2D eigenvalue weighted by Crippen LogP contribution is 2.32. The minimum absolute atomic E-state index is 0.263. The van der Waals surface area contributed by atoms with Gasteiger partial charge in [-0.05, 0) is 47.9 Å². The van der Waals surface area contributed by atoms with E-state index in [0.29, 0.717) is 0 Å². The minimum atomic E-state index is 0.263. The van der Waals surface area contributed by atoms with Crippen LogP contribution in [0.3, 0.4) is 0 Å². The summed E-state index contributed by atoms with van der Waals surface area (Å²) in [6.07, 6.45) is 0. The Morgan fingerprint density at radius 3 is 2.33 bits per heavy atom. The van der Waals surface area contributed by atoms with Gasteiger partial charge < -0.3 is 9.84 Å². The molecule has 2 heteroatoms. The molecule has 92 valence electrons. The fraction of sp³-hybridized carbons (Fsp3) is 0.125. The molecule has 0 amide bonds. The summed E-state index contributed by atoms with van der Waals surface area (Å²) in [6, 6.07) is 13.0. The molecule has 0 unspecified atom stereocenters. The van der Waals surface area contributed by atoms with Crippen LogP contribution in [0.1, 0.15) is 12.5 Å². The van der Waals surface area contributed by atoms with Crippen molar-refractivity contribution in [3.63, 3.8) is 0 Å². The summed E-state index contributed by atoms with van der Waals surface area (Å²) >= 11 is 0. The lowest BCUT2D eigenvalue weighted by atomic mass is 9.95. The lowest BCUT2D eigenvalue weighted by Gasteiger charge is -2.11. The third-order valence-corrected chi connectivity index (χ3v) is 2.86. The van der Waals surface area contributed by atoms with E-state index in [9.17, 15) is 5.11 Å². The number of phenolic OH excluding ortho intramolecular Hbond substituents is 1. The maximum Gasteiger partial charge on any atom is 0.119 e. The van der Waals surface area contributed by atoms with E-state index < -0.39 is 0 Å². The first-order chi connectivity index (χ1) is 8.61. The quantitative estimate of drug-likeness (QED) is 0.875. The van der Waals surface area contributed by atoms with Gasteiger partial charge in [0, 0.05) is 0 Å². The Balaban J connectivity index is 2.59. The van der Waals surface area contributed by atoms with Crippen LogP contribution in [0.15, 0.2) is 49.0 Å². The minimum Gasteiger partial charge on any atom is -0.508 e. The van der Waals surface area contributed by atoms with Gasteiger partial charge in [-0.3, -0.25) is 0 Å². The zero-order chi connectivity index (χ0) is 13.1. The van der Waals surface area contributed by atoms with Gasteiger partial charge in [-0.15, -0.1) is 0 Å². The maximum absolute atomic E-state index is 9.34. The number of aromatic hydroxyl groups is 1. The normalized spacial score (nSPS) is 10.1. The molecule has 2 aromatic rings. The number of hydrogen-bond donors (Lipinski definition) is 1. The Kier molecular flexibility index (Phi) is 3.38. The molecule has 18 heavy (non-hydrogen) atoms. The van der Waals surface area contributed by atoms with E-state index in [1.807, 2.05) is 37.3 Å². The van der Waals surface area contributed by atoms with E-state index in [-0.39, 0.29) is 5.75 Å². The van der Waals surface area contributed by atoms with Crippen LogP contribution >= 0.6 is 0 Å². The number of methoxy groups -OCH3 is 1. The van der Waals surface area contributed by atoms with Crippen molar-refractivity contribution in [1.29, 1.82) is 0 Å². The van der Waals surface area contributed by atoms with Crippen LogP contribution in [0.5, 0.6) is 11.5 Å². The molecule has 1 N–H and O–H groups in total. The second kappa shape index (κ2) is 4.96. The second-order valence-corrected chi connectivity index (χ2v) is 4.24. The van der Waals surface area contributed by atoms with E-state index >= 15 is 0 Å². The van der Waals surface area contributed by atoms with Crippen LogP contribution in [0, 0.1) is 0 Å². The Hall–Kier alpha value is -2.22. The second-order valence-electron chi connectivity index (χ2n) is 4.24. The molecular weight excluding hydrogens is 224 g/mol. The van der Waals surface area contributed by atoms with Crippen LogP contribution in [-0.2, 0) is 0 Å². The molecule has 2 aromatic carbocycles. The summed E-state index contributed by atoms with van der Waals surface area (Å²) in [7, 11) is 1.65. The molecule has 0 aliphatic rings. The van der Waals surface area contributed by atoms with Gasteiger partial charge >= 0.3 is 0 Å². The van der Waals surface area contributed by atoms with E-state index in [1.165, 1.54) is 0 Å². The largest absolute Gasteiger partial charge is 0.508 e. The Morgan fingerprint density at radius 1 is 1.11 bits per heavy atom. The monoisotopic (exact) mass is 240 g/mol. The van der Waals surface area contributed by atoms with Crippen molar-refractivity contribution in [2.24, 2.45) is 0 Å². The van der Waals surface area contributed by atoms with E-state index in [1.54, 1.807) is 19.2 Å². The summed E-state index contributed by atoms with van der Waals surface area (Å²) in [6.45, 7) is 5.97. The summed E-state index contributed by atoms with van der Waals surface area (Å²) in [5.74, 6) is 1.07. The van der Waals surface area contributed by atoms with Gasteiger partial charge in [-0.1, -0.05) is 30.4 Å². The van der Waals surface area contributed by atoms with Crippen molar-refractivity contribution >= 4 is 5.57 Å². The van der Waals surface area contributed by atoms with Gasteiger partial charge in [-0.2, -0.15) is 0 Å². The third kappa shape index (κ3) is 2.38. The zero-order valence-corrected chi connectivity index (χ0v) is 10.6. The highest BCUT2D eigenvalue weighted by molar-refractivity contribution is 5.81. The van der Waals surface area contributed by atoms with Gasteiger partial charge in [0.25, 0.3) is 0 Å². The number of hydrogen-bond acceptors (Lipinski definition) is 2. The fourth-order valence-corrected chi connectivity index (χ4v) is 1.90. The number of allylic oxidation sites excluding steroid dienone is 1. The molecule has 0 aromatic heterocycles. The number of rotatable bonds is 3. The predicted octanol–water partition coefficient (Wildman–Crippen LogP) is 4.10. The summed E-state index contributed by atoms with van der Waals surface area (Å²) in [5.41, 5.74) is 4.17. The van der Waals surface area contributed by atoms with Gasteiger partial charge in [-0.25, -0.2) is 0 Å². The average molecular weight is 240 g/mol. The smallest absolute Gasteiger partial charge is 0.119 e. The lowest BCUT2D eigenvalue weighted by Crippen LogP contribution is -1.89. The highest BCUT2D eigenvalue weighted by Gasteiger charge is 2.07. The number of benzene rings is 2. The summed E-state index contributed by atoms with van der Waals surface area (Å²) < 4.78 is 5.26. The molecule has 2 rings (SSSR count). The third-order valence-electron chi connectivity index (χ3n) is 2.86. The standard InChI is InChI=1S/C16H16O2/c1-11(2)15-9-8-14(18-3)10-16(15)12-4-6-13(17)7-5-12/h4-10,17H,1H2,2-3H3. The van der Waals surface area contributed by atoms with Gasteiger partial charge in [0.2, 0.25) is 0 Å². The van der Waals surface area contributed by atoms with Gasteiger partial charge in [0.1, 0.15) is 11.5 Å². The molecule has 0 heterocycles. The zero-order valence-electron chi connectivity index (χ0n) is 10.6. The first-order valence-corrected chi connectivity index (χ1v) is 5.75. The SMILES string of the molecule is C=C(C)c1ccc(OC)cc1-c1ccc(O)cc1. The van der Waals surface area contributed by atoms with Crippen molar-refractivity contribution in [2.75, 3.05) is 7.11 Å². The molecule has 0 spiro atoms. The summed E-state index contributed by atoms with van der Waals surface area (Å²) in [5, 5.41) is 9.34. The molecule has 0 fully saturated rings. The summed E-state index contributed by atoms with van der Waals surface area (Å²) in [4.78, 5) is 0. The van der Waals surface area contributed by atoms with Crippen molar-refractivity contribution in [3.8, 4) is 22.6 Å². The van der Waals surface area contributed by atoms with Crippen LogP contribution in [-0.4, -0.2) is 12.2 Å². The van der Waals surface area contributed by atoms with Crippen molar-refractivity contribution in [2.45, 2.75) is 6.92 Å². The molecule has 0 saturated carbocycles. The maximum atomic E-state index is 9.34. The molecule has 0 bridgehead atoms. The Labute approximate surface area is 107 Å². The molecule has 0 aliphatic heterocycles. The van der Waals surface area contributed by atoms with Crippen molar-refractivity contribution in [1.82, 2.24) is 0 Å². The van der Waals surface area contributed by atoms with Crippen LogP contribution in [0.25, 0.3) is 16.7 Å². The highest BCUT2D eigenvalue weighted by atomic mass is 16.5. The van der Waals surface area contributed by atoms with Crippen molar-refractivity contribution < 1.29 is 9.84 Å². The number of ether oxygens (including phenoxy) is 1. The van der Waals surface area contributed by atoms with Gasteiger partial charge in [0.15, 0.2) is 0 Å². The Bertz CT molecular complexity index is 568. The fourth-order valence-electron chi connectivity index (χ4n) is 1.90. The van der Waals surface area contributed by atoms with Crippen molar-refractivity contribution in [3.05, 3.63) is 54.6 Å². The lowest BCUT2D eigenvalue weighted by molar-refractivity contribution is 0.415. The molecule has 0 aliphatic carbocycles. The van der Waals surface area contributed by atoms with Crippen LogP contribution in [0.4, 0.5) is 0 Å². The molecular formula is C16H16O2. The molecule has 2 nitrogen and oxygen atoms in total. The molecule has 0 radical (unpaired) electrons.